The van der Waals surface area contributed by atoms with Gasteiger partial charge in [-0.15, -0.1) is 0 Å². The maximum Gasteiger partial charge on any atom is 0.0878 e. The molecule has 0 aliphatic rings. The normalized spacial score (nSPS) is 12.6. The standard InChI is InChI=1S/C25H29N3O/c1-4-28(5-2)22-12-10-20(11-13-22)24(23-9-7-6-8-19(23)3)18-25(27-29)21-14-16-26-17-15-21/h6-17,24,29H,4-5,18H2,1-3H3/b27-25-. The number of nitrogens with zero attached hydrogens (tertiary/aromatic N) is 3. The first-order valence-corrected chi connectivity index (χ1v) is 10.2. The fourth-order valence-electron chi connectivity index (χ4n) is 3.85. The van der Waals surface area contributed by atoms with Crippen molar-refractivity contribution in [1.82, 2.24) is 4.98 Å². The van der Waals surface area contributed by atoms with E-state index in [9.17, 15) is 5.21 Å². The Morgan fingerprint density at radius 1 is 0.966 bits per heavy atom. The highest BCUT2D eigenvalue weighted by molar-refractivity contribution is 6.00. The summed E-state index contributed by atoms with van der Waals surface area (Å²) >= 11 is 0. The lowest BCUT2D eigenvalue weighted by atomic mass is 9.83. The summed E-state index contributed by atoms with van der Waals surface area (Å²) in [6.07, 6.45) is 4.06. The second kappa shape index (κ2) is 9.87. The summed E-state index contributed by atoms with van der Waals surface area (Å²) in [6, 6.07) is 21.0. The minimum atomic E-state index is 0.0982. The highest BCUT2D eigenvalue weighted by Crippen LogP contribution is 2.33. The van der Waals surface area contributed by atoms with Crippen molar-refractivity contribution in [2.75, 3.05) is 18.0 Å². The molecule has 150 valence electrons. The Morgan fingerprint density at radius 2 is 1.62 bits per heavy atom. The monoisotopic (exact) mass is 387 g/mol. The van der Waals surface area contributed by atoms with Crippen LogP contribution in [0.15, 0.2) is 78.2 Å². The van der Waals surface area contributed by atoms with Gasteiger partial charge in [0.25, 0.3) is 0 Å². The van der Waals surface area contributed by atoms with Crippen LogP contribution in [0.5, 0.6) is 0 Å². The third kappa shape index (κ3) is 4.83. The maximum absolute atomic E-state index is 9.73. The quantitative estimate of drug-likeness (QED) is 0.309. The molecule has 0 bridgehead atoms. The van der Waals surface area contributed by atoms with Gasteiger partial charge < -0.3 is 10.1 Å². The van der Waals surface area contributed by atoms with Crippen molar-refractivity contribution in [3.05, 3.63) is 95.3 Å². The molecule has 1 heterocycles. The van der Waals surface area contributed by atoms with E-state index in [1.165, 1.54) is 22.4 Å². The second-order valence-corrected chi connectivity index (χ2v) is 7.16. The highest BCUT2D eigenvalue weighted by atomic mass is 16.4. The third-order valence-corrected chi connectivity index (χ3v) is 5.52. The fraction of sp³-hybridized carbons (Fsp3) is 0.280. The largest absolute Gasteiger partial charge is 0.411 e. The van der Waals surface area contributed by atoms with E-state index in [1.807, 2.05) is 12.1 Å². The molecule has 1 atom stereocenters. The number of anilines is 1. The third-order valence-electron chi connectivity index (χ3n) is 5.52. The Morgan fingerprint density at radius 3 is 2.21 bits per heavy atom. The van der Waals surface area contributed by atoms with Crippen molar-refractivity contribution >= 4 is 11.4 Å². The van der Waals surface area contributed by atoms with E-state index in [0.717, 1.165) is 18.7 Å². The molecule has 0 aliphatic carbocycles. The summed E-state index contributed by atoms with van der Waals surface area (Å²) in [5.41, 5.74) is 6.47. The van der Waals surface area contributed by atoms with Crippen LogP contribution in [-0.4, -0.2) is 29.0 Å². The van der Waals surface area contributed by atoms with Gasteiger partial charge in [0.2, 0.25) is 0 Å². The van der Waals surface area contributed by atoms with Crippen molar-refractivity contribution in [2.45, 2.75) is 33.1 Å². The molecular formula is C25H29N3O. The minimum Gasteiger partial charge on any atom is -0.411 e. The fourth-order valence-corrected chi connectivity index (χ4v) is 3.85. The van der Waals surface area contributed by atoms with Crippen LogP contribution in [0.1, 0.15) is 48.4 Å². The molecule has 1 aromatic heterocycles. The molecule has 0 saturated carbocycles. The molecule has 0 radical (unpaired) electrons. The van der Waals surface area contributed by atoms with E-state index in [4.69, 9.17) is 0 Å². The van der Waals surface area contributed by atoms with Gasteiger partial charge in [0, 0.05) is 49.1 Å². The highest BCUT2D eigenvalue weighted by Gasteiger charge is 2.20. The summed E-state index contributed by atoms with van der Waals surface area (Å²) in [5.74, 6) is 0.0982. The molecule has 0 saturated heterocycles. The Bertz CT molecular complexity index is 932. The molecule has 0 aliphatic heterocycles. The van der Waals surface area contributed by atoms with Crippen molar-refractivity contribution in [2.24, 2.45) is 5.16 Å². The molecule has 0 amide bonds. The summed E-state index contributed by atoms with van der Waals surface area (Å²) in [7, 11) is 0. The van der Waals surface area contributed by atoms with Gasteiger partial charge in [0.1, 0.15) is 0 Å². The lowest BCUT2D eigenvalue weighted by Crippen LogP contribution is -2.21. The molecule has 1 N–H and O–H groups in total. The van der Waals surface area contributed by atoms with Crippen molar-refractivity contribution in [3.63, 3.8) is 0 Å². The Balaban J connectivity index is 1.99. The molecule has 3 aromatic rings. The molecule has 4 nitrogen and oxygen atoms in total. The average Bonchev–Trinajstić information content (AvgIpc) is 2.77. The van der Waals surface area contributed by atoms with Crippen LogP contribution in [-0.2, 0) is 0 Å². The average molecular weight is 388 g/mol. The number of hydrogen-bond acceptors (Lipinski definition) is 4. The van der Waals surface area contributed by atoms with Gasteiger partial charge in [0.15, 0.2) is 0 Å². The number of oxime groups is 1. The van der Waals surface area contributed by atoms with Crippen LogP contribution in [0.4, 0.5) is 5.69 Å². The van der Waals surface area contributed by atoms with Crippen molar-refractivity contribution in [1.29, 1.82) is 0 Å². The van der Waals surface area contributed by atoms with Crippen LogP contribution in [0.2, 0.25) is 0 Å². The second-order valence-electron chi connectivity index (χ2n) is 7.16. The van der Waals surface area contributed by atoms with E-state index in [0.29, 0.717) is 12.1 Å². The van der Waals surface area contributed by atoms with Gasteiger partial charge in [-0.25, -0.2) is 0 Å². The molecule has 1 unspecified atom stereocenters. The molecule has 3 rings (SSSR count). The topological polar surface area (TPSA) is 48.7 Å². The molecular weight excluding hydrogens is 358 g/mol. The Kier molecular flexibility index (Phi) is 7.01. The van der Waals surface area contributed by atoms with E-state index in [-0.39, 0.29) is 5.92 Å². The van der Waals surface area contributed by atoms with Crippen LogP contribution in [0.3, 0.4) is 0 Å². The van der Waals surface area contributed by atoms with Crippen LogP contribution in [0.25, 0.3) is 0 Å². The smallest absolute Gasteiger partial charge is 0.0878 e. The predicted octanol–water partition coefficient (Wildman–Crippen LogP) is 5.64. The van der Waals surface area contributed by atoms with E-state index in [2.05, 4.69) is 84.3 Å². The number of benzene rings is 2. The van der Waals surface area contributed by atoms with E-state index < -0.39 is 0 Å². The zero-order valence-electron chi connectivity index (χ0n) is 17.4. The lowest BCUT2D eigenvalue weighted by Gasteiger charge is -2.24. The number of aromatic nitrogens is 1. The van der Waals surface area contributed by atoms with Gasteiger partial charge in [0.05, 0.1) is 5.71 Å². The summed E-state index contributed by atoms with van der Waals surface area (Å²) in [4.78, 5) is 6.41. The molecule has 4 heteroatoms. The molecule has 2 aromatic carbocycles. The number of aryl methyl sites for hydroxylation is 1. The molecule has 29 heavy (non-hydrogen) atoms. The number of rotatable bonds is 8. The SMILES string of the molecule is CCN(CC)c1ccc(C(C/C(=N/O)c2ccncc2)c2ccccc2C)cc1. The van der Waals surface area contributed by atoms with Crippen LogP contribution in [0, 0.1) is 6.92 Å². The van der Waals surface area contributed by atoms with Gasteiger partial charge in [-0.1, -0.05) is 41.6 Å². The molecule has 0 spiro atoms. The van der Waals surface area contributed by atoms with Crippen molar-refractivity contribution in [3.8, 4) is 0 Å². The summed E-state index contributed by atoms with van der Waals surface area (Å²) < 4.78 is 0. The van der Waals surface area contributed by atoms with Crippen LogP contribution >= 0.6 is 0 Å². The van der Waals surface area contributed by atoms with Gasteiger partial charge in [-0.05, 0) is 61.7 Å². The predicted molar refractivity (Wildman–Crippen MR) is 120 cm³/mol. The first-order chi connectivity index (χ1) is 14.2. The number of hydrogen-bond donors (Lipinski definition) is 1. The zero-order chi connectivity index (χ0) is 20.6. The lowest BCUT2D eigenvalue weighted by molar-refractivity contribution is 0.317. The van der Waals surface area contributed by atoms with E-state index >= 15 is 0 Å². The van der Waals surface area contributed by atoms with Gasteiger partial charge >= 0.3 is 0 Å². The van der Waals surface area contributed by atoms with Crippen LogP contribution < -0.4 is 4.90 Å². The van der Waals surface area contributed by atoms with Gasteiger partial charge in [-0.2, -0.15) is 0 Å². The first-order valence-electron chi connectivity index (χ1n) is 10.2. The van der Waals surface area contributed by atoms with Gasteiger partial charge in [-0.3, -0.25) is 4.98 Å². The summed E-state index contributed by atoms with van der Waals surface area (Å²) in [6.45, 7) is 8.45. The maximum atomic E-state index is 9.73. The summed E-state index contributed by atoms with van der Waals surface area (Å²) in [5, 5.41) is 13.4. The Hall–Kier alpha value is -3.14. The zero-order valence-corrected chi connectivity index (χ0v) is 17.4. The van der Waals surface area contributed by atoms with E-state index in [1.54, 1.807) is 12.4 Å². The Labute approximate surface area is 173 Å². The molecule has 0 fully saturated rings. The minimum absolute atomic E-state index is 0.0982. The van der Waals surface area contributed by atoms with Crippen molar-refractivity contribution < 1.29 is 5.21 Å². The first kappa shape index (κ1) is 20.6. The number of pyridine rings is 1.